The molecule has 0 saturated heterocycles. The fourth-order valence-corrected chi connectivity index (χ4v) is 5.52. The minimum Gasteiger partial charge on any atom is -0.490 e. The van der Waals surface area contributed by atoms with Gasteiger partial charge in [0, 0.05) is 29.1 Å². The molecule has 8 heteroatoms. The minimum atomic E-state index is -4.51. The first-order chi connectivity index (χ1) is 18.0. The third-order valence-electron chi connectivity index (χ3n) is 7.21. The largest absolute Gasteiger partial charge is 0.490 e. The molecule has 0 spiro atoms. The van der Waals surface area contributed by atoms with Gasteiger partial charge >= 0.3 is 12.1 Å². The van der Waals surface area contributed by atoms with E-state index in [-0.39, 0.29) is 30.3 Å². The summed E-state index contributed by atoms with van der Waals surface area (Å²) in [5.74, 6) is 0.347. The van der Waals surface area contributed by atoms with E-state index in [0.29, 0.717) is 17.7 Å². The van der Waals surface area contributed by atoms with Crippen molar-refractivity contribution in [2.75, 3.05) is 0 Å². The molecule has 2 aliphatic rings. The molecule has 2 heterocycles. The molecule has 0 N–H and O–H groups in total. The number of nitrogens with zero attached hydrogens (tertiary/aromatic N) is 1. The van der Waals surface area contributed by atoms with Crippen molar-refractivity contribution in [1.82, 2.24) is 4.57 Å². The van der Waals surface area contributed by atoms with Crippen LogP contribution in [0.4, 0.5) is 13.2 Å². The lowest BCUT2D eigenvalue weighted by Crippen LogP contribution is -2.24. The number of halogens is 3. The number of aromatic nitrogens is 1. The summed E-state index contributed by atoms with van der Waals surface area (Å²) in [6, 6.07) is 11.9. The molecule has 2 aromatic carbocycles. The molecule has 1 saturated carbocycles. The zero-order chi connectivity index (χ0) is 27.1. The molecule has 0 radical (unpaired) electrons. The predicted molar refractivity (Wildman–Crippen MR) is 138 cm³/mol. The van der Waals surface area contributed by atoms with Crippen LogP contribution in [0.25, 0.3) is 10.9 Å². The normalized spacial score (nSPS) is 18.1. The molecule has 1 aliphatic heterocycles. The van der Waals surface area contributed by atoms with E-state index in [4.69, 9.17) is 14.2 Å². The van der Waals surface area contributed by atoms with Crippen molar-refractivity contribution in [2.24, 2.45) is 0 Å². The van der Waals surface area contributed by atoms with E-state index >= 15 is 0 Å². The monoisotopic (exact) mass is 529 g/mol. The van der Waals surface area contributed by atoms with Crippen LogP contribution in [0.2, 0.25) is 0 Å². The maximum absolute atomic E-state index is 13.8. The van der Waals surface area contributed by atoms with E-state index in [0.717, 1.165) is 61.3 Å². The molecule has 1 aromatic heterocycles. The number of esters is 1. The second-order valence-corrected chi connectivity index (χ2v) is 11.4. The highest BCUT2D eigenvalue weighted by atomic mass is 19.4. The zero-order valence-electron chi connectivity index (χ0n) is 22.1. The lowest BCUT2D eigenvalue weighted by molar-refractivity contribution is -0.155. The van der Waals surface area contributed by atoms with Crippen LogP contribution in [0.3, 0.4) is 0 Å². The van der Waals surface area contributed by atoms with E-state index in [9.17, 15) is 18.0 Å². The van der Waals surface area contributed by atoms with E-state index in [1.54, 1.807) is 6.07 Å². The molecule has 38 heavy (non-hydrogen) atoms. The molecule has 204 valence electrons. The Hall–Kier alpha value is -3.16. The van der Waals surface area contributed by atoms with Gasteiger partial charge in [0.1, 0.15) is 23.7 Å². The maximum Gasteiger partial charge on any atom is 0.419 e. The Bertz CT molecular complexity index is 1320. The Balaban J connectivity index is 1.28. The van der Waals surface area contributed by atoms with Gasteiger partial charge in [-0.3, -0.25) is 4.79 Å². The SMILES string of the molecule is CC(C)(C)OC(=O)CC1CCn2c1cc1cc(OCc3ccc(OC4CCCC4)c(C(F)(F)F)c3)ccc12. The summed E-state index contributed by atoms with van der Waals surface area (Å²) in [6.07, 6.45) is 0.0914. The summed E-state index contributed by atoms with van der Waals surface area (Å²) in [4.78, 5) is 12.4. The number of fused-ring (bicyclic) bond motifs is 3. The molecular formula is C30H34F3NO4. The first-order valence-corrected chi connectivity index (χ1v) is 13.3. The highest BCUT2D eigenvalue weighted by molar-refractivity contribution is 5.84. The highest BCUT2D eigenvalue weighted by Gasteiger charge is 2.36. The summed E-state index contributed by atoms with van der Waals surface area (Å²) >= 11 is 0. The van der Waals surface area contributed by atoms with E-state index in [1.165, 1.54) is 6.07 Å². The number of alkyl halides is 3. The van der Waals surface area contributed by atoms with E-state index < -0.39 is 17.3 Å². The van der Waals surface area contributed by atoms with Gasteiger partial charge in [-0.1, -0.05) is 6.07 Å². The third kappa shape index (κ3) is 5.94. The third-order valence-corrected chi connectivity index (χ3v) is 7.21. The summed E-state index contributed by atoms with van der Waals surface area (Å²) in [7, 11) is 0. The predicted octanol–water partition coefficient (Wildman–Crippen LogP) is 7.78. The smallest absolute Gasteiger partial charge is 0.419 e. The molecule has 1 unspecified atom stereocenters. The first-order valence-electron chi connectivity index (χ1n) is 13.3. The van der Waals surface area contributed by atoms with Crippen LogP contribution in [-0.2, 0) is 28.9 Å². The van der Waals surface area contributed by atoms with Gasteiger partial charge in [0.05, 0.1) is 18.1 Å². The fraction of sp³-hybridized carbons (Fsp3) is 0.500. The standard InChI is InChI=1S/C30H34F3NO4/c1-29(2,3)38-28(35)17-20-12-13-34-25-10-9-23(15-21(25)16-26(20)34)36-18-19-8-11-27(24(14-19)30(31,32)33)37-22-6-4-5-7-22/h8-11,14-16,20,22H,4-7,12-13,17-18H2,1-3H3. The molecule has 1 fully saturated rings. The molecule has 1 atom stereocenters. The van der Waals surface area contributed by atoms with E-state index in [1.807, 2.05) is 39.0 Å². The van der Waals surface area contributed by atoms with Gasteiger partial charge in [-0.25, -0.2) is 0 Å². The summed E-state index contributed by atoms with van der Waals surface area (Å²) in [5, 5.41) is 0.975. The van der Waals surface area contributed by atoms with Crippen molar-refractivity contribution in [3.8, 4) is 11.5 Å². The second-order valence-electron chi connectivity index (χ2n) is 11.4. The van der Waals surface area contributed by atoms with Gasteiger partial charge in [0.25, 0.3) is 0 Å². The number of hydrogen-bond donors (Lipinski definition) is 0. The molecule has 5 rings (SSSR count). The quantitative estimate of drug-likeness (QED) is 0.293. The first kappa shape index (κ1) is 26.4. The highest BCUT2D eigenvalue weighted by Crippen LogP contribution is 2.40. The second kappa shape index (κ2) is 10.2. The number of benzene rings is 2. The van der Waals surface area contributed by atoms with Gasteiger partial charge in [-0.05, 0) is 94.8 Å². The lowest BCUT2D eigenvalue weighted by Gasteiger charge is -2.20. The van der Waals surface area contributed by atoms with E-state index in [2.05, 4.69) is 10.6 Å². The summed E-state index contributed by atoms with van der Waals surface area (Å²) in [5.41, 5.74) is 1.29. The number of aryl methyl sites for hydroxylation is 1. The van der Waals surface area contributed by atoms with Crippen LogP contribution in [0.15, 0.2) is 42.5 Å². The van der Waals surface area contributed by atoms with Gasteiger partial charge < -0.3 is 18.8 Å². The number of carbonyl (C=O) groups excluding carboxylic acids is 1. The number of rotatable bonds is 7. The Morgan fingerprint density at radius 2 is 1.76 bits per heavy atom. The minimum absolute atomic E-state index is 0.00707. The molecule has 0 amide bonds. The van der Waals surface area contributed by atoms with Crippen molar-refractivity contribution in [3.05, 3.63) is 59.3 Å². The Labute approximate surface area is 220 Å². The topological polar surface area (TPSA) is 49.7 Å². The van der Waals surface area contributed by atoms with Crippen molar-refractivity contribution < 1.29 is 32.2 Å². The van der Waals surface area contributed by atoms with Crippen LogP contribution in [0.1, 0.15) is 82.0 Å². The van der Waals surface area contributed by atoms with Crippen molar-refractivity contribution in [3.63, 3.8) is 0 Å². The fourth-order valence-electron chi connectivity index (χ4n) is 5.52. The zero-order valence-corrected chi connectivity index (χ0v) is 22.1. The van der Waals surface area contributed by atoms with Gasteiger partial charge in [-0.2, -0.15) is 13.2 Å². The molecule has 1 aliphatic carbocycles. The summed E-state index contributed by atoms with van der Waals surface area (Å²) in [6.45, 7) is 6.41. The number of carbonyl (C=O) groups is 1. The Kier molecular flexibility index (Phi) is 7.09. The lowest BCUT2D eigenvalue weighted by atomic mass is 10.00. The number of ether oxygens (including phenoxy) is 3. The van der Waals surface area contributed by atoms with Crippen molar-refractivity contribution in [1.29, 1.82) is 0 Å². The maximum atomic E-state index is 13.8. The van der Waals surface area contributed by atoms with Crippen LogP contribution < -0.4 is 9.47 Å². The van der Waals surface area contributed by atoms with Crippen molar-refractivity contribution >= 4 is 16.9 Å². The molecule has 5 nitrogen and oxygen atoms in total. The van der Waals surface area contributed by atoms with Crippen LogP contribution in [0.5, 0.6) is 11.5 Å². The average molecular weight is 530 g/mol. The Morgan fingerprint density at radius 3 is 2.47 bits per heavy atom. The molecule has 0 bridgehead atoms. The summed E-state index contributed by atoms with van der Waals surface area (Å²) < 4.78 is 60.6. The van der Waals surface area contributed by atoms with Crippen LogP contribution >= 0.6 is 0 Å². The van der Waals surface area contributed by atoms with Gasteiger partial charge in [0.15, 0.2) is 0 Å². The van der Waals surface area contributed by atoms with Crippen molar-refractivity contribution in [2.45, 2.75) is 96.2 Å². The molecule has 3 aromatic rings. The number of hydrogen-bond acceptors (Lipinski definition) is 4. The van der Waals surface area contributed by atoms with Crippen LogP contribution in [-0.4, -0.2) is 22.2 Å². The average Bonchev–Trinajstić information content (AvgIpc) is 3.55. The molecular weight excluding hydrogens is 495 g/mol. The van der Waals surface area contributed by atoms with Gasteiger partial charge in [-0.15, -0.1) is 0 Å². The van der Waals surface area contributed by atoms with Crippen LogP contribution in [0, 0.1) is 0 Å². The Morgan fingerprint density at radius 1 is 1.00 bits per heavy atom. The van der Waals surface area contributed by atoms with Gasteiger partial charge in [0.2, 0.25) is 0 Å².